The molecule has 0 unspecified atom stereocenters. The number of hydrogen-bond acceptors (Lipinski definition) is 2. The molecular weight excluding hydrogens is 251 g/mol. The van der Waals surface area contributed by atoms with Crippen molar-refractivity contribution in [2.24, 2.45) is 0 Å². The first kappa shape index (κ1) is 13.1. The van der Waals surface area contributed by atoms with Crippen molar-refractivity contribution in [1.82, 2.24) is 4.90 Å². The van der Waals surface area contributed by atoms with Crippen molar-refractivity contribution >= 4 is 5.69 Å². The van der Waals surface area contributed by atoms with Crippen molar-refractivity contribution < 1.29 is 4.39 Å². The van der Waals surface area contributed by atoms with Crippen molar-refractivity contribution in [3.8, 4) is 0 Å². The SMILES string of the molecule is Nc1ccc(CN2CCc3ccccc3CC2)c(F)c1. The summed E-state index contributed by atoms with van der Waals surface area (Å²) in [6, 6.07) is 13.5. The van der Waals surface area contributed by atoms with Gasteiger partial charge in [-0.15, -0.1) is 0 Å². The van der Waals surface area contributed by atoms with Crippen molar-refractivity contribution in [2.45, 2.75) is 19.4 Å². The number of nitrogens with zero attached hydrogens (tertiary/aromatic N) is 1. The highest BCUT2D eigenvalue weighted by Crippen LogP contribution is 2.19. The van der Waals surface area contributed by atoms with Crippen molar-refractivity contribution in [3.63, 3.8) is 0 Å². The van der Waals surface area contributed by atoms with Crippen molar-refractivity contribution in [3.05, 3.63) is 65.0 Å². The van der Waals surface area contributed by atoms with Gasteiger partial charge in [0, 0.05) is 30.9 Å². The molecule has 2 N–H and O–H groups in total. The molecule has 0 aliphatic carbocycles. The van der Waals surface area contributed by atoms with E-state index >= 15 is 0 Å². The molecule has 0 saturated carbocycles. The van der Waals surface area contributed by atoms with E-state index in [0.717, 1.165) is 31.5 Å². The van der Waals surface area contributed by atoms with E-state index < -0.39 is 0 Å². The van der Waals surface area contributed by atoms with Crippen LogP contribution >= 0.6 is 0 Å². The summed E-state index contributed by atoms with van der Waals surface area (Å²) in [6.07, 6.45) is 2.07. The van der Waals surface area contributed by atoms with Crippen molar-refractivity contribution in [2.75, 3.05) is 18.8 Å². The Morgan fingerprint density at radius 2 is 1.65 bits per heavy atom. The Morgan fingerprint density at radius 1 is 1.00 bits per heavy atom. The number of nitrogen functional groups attached to an aromatic ring is 1. The van der Waals surface area contributed by atoms with Gasteiger partial charge in [-0.2, -0.15) is 0 Å². The molecule has 0 saturated heterocycles. The van der Waals surface area contributed by atoms with Gasteiger partial charge in [0.2, 0.25) is 0 Å². The van der Waals surface area contributed by atoms with E-state index in [9.17, 15) is 4.39 Å². The maximum absolute atomic E-state index is 13.9. The fourth-order valence-electron chi connectivity index (χ4n) is 2.81. The third kappa shape index (κ3) is 2.83. The van der Waals surface area contributed by atoms with Crippen LogP contribution in [0.2, 0.25) is 0 Å². The van der Waals surface area contributed by atoms with Gasteiger partial charge in [0.1, 0.15) is 5.82 Å². The minimum atomic E-state index is -0.202. The average Bonchev–Trinajstić information content (AvgIpc) is 2.65. The van der Waals surface area contributed by atoms with Crippen LogP contribution < -0.4 is 5.73 Å². The summed E-state index contributed by atoms with van der Waals surface area (Å²) in [7, 11) is 0. The number of anilines is 1. The number of nitrogens with two attached hydrogens (primary N) is 1. The van der Waals surface area contributed by atoms with Gasteiger partial charge < -0.3 is 5.73 Å². The van der Waals surface area contributed by atoms with Crippen molar-refractivity contribution in [1.29, 1.82) is 0 Å². The summed E-state index contributed by atoms with van der Waals surface area (Å²) in [5.41, 5.74) is 9.65. The number of halogens is 1. The van der Waals surface area contributed by atoms with Crippen LogP contribution in [0.25, 0.3) is 0 Å². The summed E-state index contributed by atoms with van der Waals surface area (Å²) in [6.45, 7) is 2.60. The van der Waals surface area contributed by atoms with Crippen LogP contribution in [0.4, 0.5) is 10.1 Å². The topological polar surface area (TPSA) is 29.3 Å². The van der Waals surface area contributed by atoms with E-state index in [4.69, 9.17) is 5.73 Å². The molecule has 0 bridgehead atoms. The van der Waals surface area contributed by atoms with E-state index in [-0.39, 0.29) is 5.82 Å². The molecule has 1 aliphatic rings. The molecule has 1 aliphatic heterocycles. The number of benzene rings is 2. The fourth-order valence-corrected chi connectivity index (χ4v) is 2.81. The molecule has 2 aromatic rings. The highest BCUT2D eigenvalue weighted by atomic mass is 19.1. The van der Waals surface area contributed by atoms with Gasteiger partial charge in [-0.3, -0.25) is 4.90 Å². The normalized spacial score (nSPS) is 15.7. The zero-order valence-electron chi connectivity index (χ0n) is 11.5. The molecule has 3 rings (SSSR count). The highest BCUT2D eigenvalue weighted by molar-refractivity contribution is 5.40. The Bertz CT molecular complexity index is 583. The smallest absolute Gasteiger partial charge is 0.129 e. The quantitative estimate of drug-likeness (QED) is 0.850. The van der Waals surface area contributed by atoms with Gasteiger partial charge in [-0.25, -0.2) is 4.39 Å². The monoisotopic (exact) mass is 270 g/mol. The van der Waals surface area contributed by atoms with Crippen LogP contribution in [0.1, 0.15) is 16.7 Å². The molecule has 104 valence electrons. The molecule has 1 heterocycles. The van der Waals surface area contributed by atoms with E-state index in [0.29, 0.717) is 12.2 Å². The zero-order valence-corrected chi connectivity index (χ0v) is 11.5. The van der Waals surface area contributed by atoms with Crippen LogP contribution in [0, 0.1) is 5.82 Å². The minimum Gasteiger partial charge on any atom is -0.399 e. The number of fused-ring (bicyclic) bond motifs is 1. The first-order chi connectivity index (χ1) is 9.72. The minimum absolute atomic E-state index is 0.202. The zero-order chi connectivity index (χ0) is 13.9. The Kier molecular flexibility index (Phi) is 3.70. The maximum Gasteiger partial charge on any atom is 0.129 e. The largest absolute Gasteiger partial charge is 0.399 e. The fraction of sp³-hybridized carbons (Fsp3) is 0.294. The second-order valence-electron chi connectivity index (χ2n) is 5.40. The van der Waals surface area contributed by atoms with E-state index in [1.54, 1.807) is 12.1 Å². The van der Waals surface area contributed by atoms with E-state index in [1.807, 2.05) is 0 Å². The summed E-state index contributed by atoms with van der Waals surface area (Å²) in [5.74, 6) is -0.202. The lowest BCUT2D eigenvalue weighted by atomic mass is 10.0. The third-order valence-electron chi connectivity index (χ3n) is 3.98. The van der Waals surface area contributed by atoms with E-state index in [2.05, 4.69) is 29.2 Å². The Hall–Kier alpha value is -1.87. The Morgan fingerprint density at radius 3 is 2.25 bits per heavy atom. The van der Waals surface area contributed by atoms with Crippen LogP contribution in [0.15, 0.2) is 42.5 Å². The number of hydrogen-bond donors (Lipinski definition) is 1. The van der Waals surface area contributed by atoms with E-state index in [1.165, 1.54) is 17.2 Å². The lowest BCUT2D eigenvalue weighted by molar-refractivity contribution is 0.275. The summed E-state index contributed by atoms with van der Waals surface area (Å²) < 4.78 is 13.9. The van der Waals surface area contributed by atoms with Crippen LogP contribution in [0.5, 0.6) is 0 Å². The maximum atomic E-state index is 13.9. The Labute approximate surface area is 119 Å². The molecule has 0 aromatic heterocycles. The molecule has 20 heavy (non-hydrogen) atoms. The van der Waals surface area contributed by atoms with Crippen LogP contribution in [0.3, 0.4) is 0 Å². The van der Waals surface area contributed by atoms with Gasteiger partial charge in [-0.1, -0.05) is 30.3 Å². The molecule has 3 heteroatoms. The number of rotatable bonds is 2. The lowest BCUT2D eigenvalue weighted by Gasteiger charge is -2.20. The lowest BCUT2D eigenvalue weighted by Crippen LogP contribution is -2.26. The first-order valence-corrected chi connectivity index (χ1v) is 7.05. The third-order valence-corrected chi connectivity index (χ3v) is 3.98. The highest BCUT2D eigenvalue weighted by Gasteiger charge is 2.15. The van der Waals surface area contributed by atoms with Gasteiger partial charge in [0.05, 0.1) is 0 Å². The summed E-state index contributed by atoms with van der Waals surface area (Å²) in [5, 5.41) is 0. The van der Waals surface area contributed by atoms with Crippen LogP contribution in [-0.4, -0.2) is 18.0 Å². The summed E-state index contributed by atoms with van der Waals surface area (Å²) >= 11 is 0. The molecule has 2 nitrogen and oxygen atoms in total. The molecule has 0 fully saturated rings. The second kappa shape index (κ2) is 5.63. The molecule has 0 spiro atoms. The Balaban J connectivity index is 1.71. The van der Waals surface area contributed by atoms with Gasteiger partial charge in [0.15, 0.2) is 0 Å². The molecule has 0 amide bonds. The predicted octanol–water partition coefficient (Wildman–Crippen LogP) is 3.01. The second-order valence-corrected chi connectivity index (χ2v) is 5.40. The molecular formula is C17H19FN2. The van der Waals surface area contributed by atoms with Gasteiger partial charge in [-0.05, 0) is 36.1 Å². The summed E-state index contributed by atoms with van der Waals surface area (Å²) in [4.78, 5) is 2.31. The first-order valence-electron chi connectivity index (χ1n) is 7.05. The standard InChI is InChI=1S/C17H19FN2/c18-17-11-16(19)6-5-15(17)12-20-9-7-13-3-1-2-4-14(13)8-10-20/h1-6,11H,7-10,12,19H2. The van der Waals surface area contributed by atoms with Gasteiger partial charge in [0.25, 0.3) is 0 Å². The molecule has 0 radical (unpaired) electrons. The predicted molar refractivity (Wildman–Crippen MR) is 79.9 cm³/mol. The van der Waals surface area contributed by atoms with Gasteiger partial charge >= 0.3 is 0 Å². The molecule has 2 aromatic carbocycles. The van der Waals surface area contributed by atoms with Crippen LogP contribution in [-0.2, 0) is 19.4 Å². The molecule has 0 atom stereocenters. The average molecular weight is 270 g/mol.